The number of halogens is 3. The van der Waals surface area contributed by atoms with Crippen molar-refractivity contribution >= 4 is 0 Å². The van der Waals surface area contributed by atoms with E-state index in [1.54, 1.807) is 0 Å². The van der Waals surface area contributed by atoms with Gasteiger partial charge in [-0.1, -0.05) is 19.1 Å². The lowest BCUT2D eigenvalue weighted by Crippen LogP contribution is -2.47. The normalized spacial score (nSPS) is 25.2. The van der Waals surface area contributed by atoms with E-state index in [0.29, 0.717) is 11.5 Å². The van der Waals surface area contributed by atoms with Gasteiger partial charge < -0.3 is 15.3 Å². The van der Waals surface area contributed by atoms with Crippen LogP contribution in [0.5, 0.6) is 0 Å². The molecule has 22 heavy (non-hydrogen) atoms. The summed E-state index contributed by atoms with van der Waals surface area (Å²) in [6.45, 7) is 4.38. The van der Waals surface area contributed by atoms with Gasteiger partial charge in [0.2, 0.25) is 0 Å². The van der Waals surface area contributed by atoms with Crippen LogP contribution in [0, 0.1) is 5.92 Å². The average molecular weight is 316 g/mol. The van der Waals surface area contributed by atoms with Gasteiger partial charge in [-0.2, -0.15) is 13.2 Å². The number of hydrogen-bond donors (Lipinski definition) is 2. The number of nitrogens with zero attached hydrogens (tertiary/aromatic N) is 1. The lowest BCUT2D eigenvalue weighted by atomic mass is 9.94. The number of hydrogen-bond acceptors (Lipinski definition) is 3. The van der Waals surface area contributed by atoms with Crippen molar-refractivity contribution in [3.8, 4) is 0 Å². The topological polar surface area (TPSA) is 35.5 Å². The van der Waals surface area contributed by atoms with Gasteiger partial charge in [-0.3, -0.25) is 0 Å². The zero-order valence-electron chi connectivity index (χ0n) is 12.9. The molecule has 0 amide bonds. The first kappa shape index (κ1) is 17.2. The fourth-order valence-electron chi connectivity index (χ4n) is 2.96. The van der Waals surface area contributed by atoms with Crippen molar-refractivity contribution < 1.29 is 18.3 Å². The molecule has 0 aromatic heterocycles. The average Bonchev–Trinajstić information content (AvgIpc) is 2.45. The maximum Gasteiger partial charge on any atom is 0.416 e. The van der Waals surface area contributed by atoms with E-state index < -0.39 is 17.8 Å². The van der Waals surface area contributed by atoms with Gasteiger partial charge in [0.15, 0.2) is 0 Å². The van der Waals surface area contributed by atoms with Gasteiger partial charge in [0.1, 0.15) is 0 Å². The molecule has 3 nitrogen and oxygen atoms in total. The molecule has 1 saturated heterocycles. The minimum Gasteiger partial charge on any atom is -0.387 e. The van der Waals surface area contributed by atoms with E-state index in [2.05, 4.69) is 24.2 Å². The molecule has 3 atom stereocenters. The molecule has 1 aliphatic heterocycles. The molecular formula is C16H23F3N2O. The number of alkyl halides is 3. The molecule has 0 aliphatic carbocycles. The van der Waals surface area contributed by atoms with E-state index >= 15 is 0 Å². The van der Waals surface area contributed by atoms with E-state index in [0.717, 1.165) is 31.6 Å². The Kier molecular flexibility index (Phi) is 5.47. The third kappa shape index (κ3) is 4.44. The van der Waals surface area contributed by atoms with E-state index in [9.17, 15) is 18.3 Å². The molecule has 0 spiro atoms. The molecule has 6 heteroatoms. The maximum absolute atomic E-state index is 12.7. The second-order valence-electron chi connectivity index (χ2n) is 6.18. The van der Waals surface area contributed by atoms with E-state index in [1.165, 1.54) is 12.1 Å². The molecule has 124 valence electrons. The van der Waals surface area contributed by atoms with Crippen molar-refractivity contribution in [2.24, 2.45) is 5.92 Å². The van der Waals surface area contributed by atoms with Gasteiger partial charge in [0, 0.05) is 19.1 Å². The summed E-state index contributed by atoms with van der Waals surface area (Å²) in [5, 5.41) is 13.4. The molecule has 0 radical (unpaired) electrons. The minimum absolute atomic E-state index is 0.264. The summed E-state index contributed by atoms with van der Waals surface area (Å²) in [6, 6.07) is 5.18. The third-order valence-corrected chi connectivity index (χ3v) is 4.28. The Morgan fingerprint density at radius 3 is 2.77 bits per heavy atom. The van der Waals surface area contributed by atoms with Crippen LogP contribution in [0.25, 0.3) is 0 Å². The molecule has 1 heterocycles. The number of nitrogens with one attached hydrogen (secondary N) is 1. The number of aliphatic hydroxyl groups excluding tert-OH is 1. The zero-order valence-corrected chi connectivity index (χ0v) is 12.9. The first-order valence-corrected chi connectivity index (χ1v) is 7.54. The van der Waals surface area contributed by atoms with Crippen molar-refractivity contribution in [2.75, 3.05) is 26.7 Å². The van der Waals surface area contributed by atoms with Crippen LogP contribution < -0.4 is 5.32 Å². The lowest BCUT2D eigenvalue weighted by molar-refractivity contribution is -0.137. The Balaban J connectivity index is 1.94. The number of likely N-dealkylation sites (tertiary alicyclic amines) is 1. The Morgan fingerprint density at radius 1 is 1.41 bits per heavy atom. The highest BCUT2D eigenvalue weighted by Crippen LogP contribution is 2.30. The minimum atomic E-state index is -4.38. The number of rotatable bonds is 4. The Labute approximate surface area is 129 Å². The number of benzene rings is 1. The summed E-state index contributed by atoms with van der Waals surface area (Å²) in [5.74, 6) is 0.451. The third-order valence-electron chi connectivity index (χ3n) is 4.28. The first-order chi connectivity index (χ1) is 10.3. The molecule has 0 saturated carbocycles. The van der Waals surface area contributed by atoms with Gasteiger partial charge in [0.25, 0.3) is 0 Å². The van der Waals surface area contributed by atoms with Crippen LogP contribution in [0.1, 0.15) is 30.6 Å². The quantitative estimate of drug-likeness (QED) is 0.896. The van der Waals surface area contributed by atoms with Crippen LogP contribution in [0.3, 0.4) is 0 Å². The highest BCUT2D eigenvalue weighted by molar-refractivity contribution is 5.27. The Morgan fingerprint density at radius 2 is 2.14 bits per heavy atom. The Bertz CT molecular complexity index is 493. The fraction of sp³-hybridized carbons (Fsp3) is 0.625. The van der Waals surface area contributed by atoms with Gasteiger partial charge >= 0.3 is 6.18 Å². The van der Waals surface area contributed by atoms with Crippen molar-refractivity contribution in [2.45, 2.75) is 31.7 Å². The molecule has 2 N–H and O–H groups in total. The summed E-state index contributed by atoms with van der Waals surface area (Å²) in [6.07, 6.45) is -4.34. The van der Waals surface area contributed by atoms with Crippen LogP contribution in [0.2, 0.25) is 0 Å². The van der Waals surface area contributed by atoms with Crippen molar-refractivity contribution in [1.82, 2.24) is 10.2 Å². The van der Waals surface area contributed by atoms with Crippen molar-refractivity contribution in [3.63, 3.8) is 0 Å². The Hall–Kier alpha value is -1.11. The van der Waals surface area contributed by atoms with Gasteiger partial charge in [0.05, 0.1) is 11.7 Å². The van der Waals surface area contributed by atoms with Crippen LogP contribution in [-0.4, -0.2) is 42.7 Å². The molecule has 3 unspecified atom stereocenters. The standard InChI is InChI=1S/C16H23F3N2O/c1-11-10-21(2)7-6-14(11)20-9-15(22)12-4-3-5-13(8-12)16(17,18)19/h3-5,8,11,14-15,20,22H,6-7,9-10H2,1-2H3. The molecule has 2 rings (SSSR count). The van der Waals surface area contributed by atoms with Crippen LogP contribution in [-0.2, 0) is 6.18 Å². The maximum atomic E-state index is 12.7. The first-order valence-electron chi connectivity index (χ1n) is 7.54. The summed E-state index contributed by atoms with van der Waals surface area (Å²) in [4.78, 5) is 2.26. The van der Waals surface area contributed by atoms with Crippen molar-refractivity contribution in [1.29, 1.82) is 0 Å². The second-order valence-corrected chi connectivity index (χ2v) is 6.18. The number of piperidine rings is 1. The van der Waals surface area contributed by atoms with E-state index in [1.807, 2.05) is 0 Å². The predicted molar refractivity (Wildman–Crippen MR) is 79.5 cm³/mol. The van der Waals surface area contributed by atoms with Crippen LogP contribution >= 0.6 is 0 Å². The molecule has 1 fully saturated rings. The lowest BCUT2D eigenvalue weighted by Gasteiger charge is -2.35. The SMILES string of the molecule is CC1CN(C)CCC1NCC(O)c1cccc(C(F)(F)F)c1. The molecular weight excluding hydrogens is 293 g/mol. The monoisotopic (exact) mass is 316 g/mol. The van der Waals surface area contributed by atoms with Crippen molar-refractivity contribution in [3.05, 3.63) is 35.4 Å². The summed E-state index contributed by atoms with van der Waals surface area (Å²) < 4.78 is 38.1. The van der Waals surface area contributed by atoms with Gasteiger partial charge in [-0.25, -0.2) is 0 Å². The summed E-state index contributed by atoms with van der Waals surface area (Å²) in [7, 11) is 2.07. The predicted octanol–water partition coefficient (Wildman–Crippen LogP) is 2.67. The van der Waals surface area contributed by atoms with Crippen LogP contribution in [0.15, 0.2) is 24.3 Å². The molecule has 1 aliphatic rings. The zero-order chi connectivity index (χ0) is 16.3. The molecule has 1 aromatic rings. The largest absolute Gasteiger partial charge is 0.416 e. The van der Waals surface area contributed by atoms with Gasteiger partial charge in [-0.05, 0) is 43.6 Å². The summed E-state index contributed by atoms with van der Waals surface area (Å²) in [5.41, 5.74) is -0.431. The van der Waals surface area contributed by atoms with Crippen LogP contribution in [0.4, 0.5) is 13.2 Å². The molecule has 0 bridgehead atoms. The van der Waals surface area contributed by atoms with E-state index in [-0.39, 0.29) is 12.6 Å². The second kappa shape index (κ2) is 6.98. The molecule has 1 aromatic carbocycles. The highest BCUT2D eigenvalue weighted by atomic mass is 19.4. The summed E-state index contributed by atoms with van der Waals surface area (Å²) >= 11 is 0. The van der Waals surface area contributed by atoms with E-state index in [4.69, 9.17) is 0 Å². The number of aliphatic hydroxyl groups is 1. The fourth-order valence-corrected chi connectivity index (χ4v) is 2.96. The smallest absolute Gasteiger partial charge is 0.387 e. The highest BCUT2D eigenvalue weighted by Gasteiger charge is 2.31. The van der Waals surface area contributed by atoms with Gasteiger partial charge in [-0.15, -0.1) is 0 Å².